The fraction of sp³-hybridized carbons (Fsp3) is 0.556. The molecular weight excluding hydrogens is 311 g/mol. The van der Waals surface area contributed by atoms with Crippen molar-refractivity contribution in [3.63, 3.8) is 0 Å². The quantitative estimate of drug-likeness (QED) is 0.368. The van der Waals surface area contributed by atoms with E-state index in [-0.39, 0.29) is 0 Å². The molecule has 1 aromatic heterocycles. The van der Waals surface area contributed by atoms with Crippen LogP contribution in [-0.2, 0) is 13.8 Å². The van der Waals surface area contributed by atoms with E-state index in [1.165, 1.54) is 0 Å². The summed E-state index contributed by atoms with van der Waals surface area (Å²) in [5.74, 6) is 0. The number of rotatable bonds is 4. The molecule has 0 bridgehead atoms. The van der Waals surface area contributed by atoms with Crippen LogP contribution in [0.4, 0.5) is 0 Å². The van der Waals surface area contributed by atoms with E-state index in [2.05, 4.69) is 4.52 Å². The molecule has 2 heterocycles. The van der Waals surface area contributed by atoms with Crippen LogP contribution in [0, 0.1) is 0 Å². The number of hydrogen-bond donors (Lipinski definition) is 5. The zero-order chi connectivity index (χ0) is 15.8. The van der Waals surface area contributed by atoms with E-state index >= 15 is 0 Å². The number of H-pyrrole nitrogens is 1. The molecule has 0 aromatic carbocycles. The third-order valence-corrected chi connectivity index (χ3v) is 3.40. The van der Waals surface area contributed by atoms with E-state index in [4.69, 9.17) is 19.6 Å². The van der Waals surface area contributed by atoms with Crippen molar-refractivity contribution >= 4 is 7.82 Å². The molecule has 0 amide bonds. The summed E-state index contributed by atoms with van der Waals surface area (Å²) in [6.45, 7) is -0.656. The highest BCUT2D eigenvalue weighted by Gasteiger charge is 2.48. The van der Waals surface area contributed by atoms with Gasteiger partial charge >= 0.3 is 13.5 Å². The minimum atomic E-state index is -4.98. The topological polar surface area (TPSA) is 171 Å². The van der Waals surface area contributed by atoms with Gasteiger partial charge in [-0.25, -0.2) is 9.36 Å². The Balaban J connectivity index is 2.41. The zero-order valence-electron chi connectivity index (χ0n) is 10.4. The third-order valence-electron chi connectivity index (χ3n) is 2.88. The number of nitrogens with zero attached hydrogens (tertiary/aromatic N) is 1. The Morgan fingerprint density at radius 2 is 2.10 bits per heavy atom. The molecule has 1 saturated heterocycles. The van der Waals surface area contributed by atoms with Crippen molar-refractivity contribution in [3.05, 3.63) is 33.1 Å². The minimum Gasteiger partial charge on any atom is -0.394 e. The van der Waals surface area contributed by atoms with E-state index in [0.717, 1.165) is 16.8 Å². The van der Waals surface area contributed by atoms with Gasteiger partial charge in [-0.3, -0.25) is 18.9 Å². The number of hydrogen-bond acceptors (Lipinski definition) is 7. The van der Waals surface area contributed by atoms with Gasteiger partial charge in [-0.05, 0) is 0 Å². The summed E-state index contributed by atoms with van der Waals surface area (Å²) in [6.07, 6.45) is -4.79. The molecule has 0 aliphatic carbocycles. The van der Waals surface area contributed by atoms with Crippen LogP contribution in [0.5, 0.6) is 0 Å². The summed E-state index contributed by atoms with van der Waals surface area (Å²) in [6, 6.07) is 0.984. The number of phosphoric acid groups is 1. The molecule has 0 saturated carbocycles. The van der Waals surface area contributed by atoms with E-state index in [1.807, 2.05) is 4.98 Å². The van der Waals surface area contributed by atoms with Crippen molar-refractivity contribution in [3.8, 4) is 0 Å². The number of nitrogens with one attached hydrogen (secondary N) is 1. The van der Waals surface area contributed by atoms with Crippen molar-refractivity contribution in [1.82, 2.24) is 9.55 Å². The molecule has 12 heteroatoms. The first-order valence-electron chi connectivity index (χ1n) is 5.73. The first-order valence-corrected chi connectivity index (χ1v) is 7.26. The Kier molecular flexibility index (Phi) is 4.44. The summed E-state index contributed by atoms with van der Waals surface area (Å²) in [4.78, 5) is 42.3. The Morgan fingerprint density at radius 3 is 2.62 bits per heavy atom. The van der Waals surface area contributed by atoms with Gasteiger partial charge in [0.2, 0.25) is 0 Å². The minimum absolute atomic E-state index is 0.656. The molecule has 2 unspecified atom stereocenters. The standard InChI is InChI=1S/C9H13N2O9P/c12-3-4-6(14)7(20-21(16,17)18)8(19-4)11-2-1-5(13)10-9(11)15/h1-2,4,6-8,12,14H,3H2,(H,10,13,15)(H2,16,17,18)/t4-,6?,7?,8-/m0/s1. The monoisotopic (exact) mass is 324 g/mol. The van der Waals surface area contributed by atoms with Crippen molar-refractivity contribution in [2.75, 3.05) is 6.61 Å². The number of aromatic nitrogens is 2. The van der Waals surface area contributed by atoms with E-state index in [1.54, 1.807) is 0 Å². The van der Waals surface area contributed by atoms with Gasteiger partial charge in [-0.1, -0.05) is 0 Å². The molecule has 0 spiro atoms. The van der Waals surface area contributed by atoms with Gasteiger partial charge in [-0.2, -0.15) is 0 Å². The zero-order valence-corrected chi connectivity index (χ0v) is 11.3. The average molecular weight is 324 g/mol. The fourth-order valence-electron chi connectivity index (χ4n) is 1.99. The molecule has 2 rings (SSSR count). The van der Waals surface area contributed by atoms with E-state index in [9.17, 15) is 19.3 Å². The van der Waals surface area contributed by atoms with Crippen LogP contribution in [0.25, 0.3) is 0 Å². The summed E-state index contributed by atoms with van der Waals surface area (Å²) in [7, 11) is -4.98. The predicted molar refractivity (Wildman–Crippen MR) is 65.2 cm³/mol. The van der Waals surface area contributed by atoms with E-state index < -0.39 is 50.2 Å². The molecule has 118 valence electrons. The predicted octanol–water partition coefficient (Wildman–Crippen LogP) is -2.73. The molecule has 4 atom stereocenters. The Morgan fingerprint density at radius 1 is 1.43 bits per heavy atom. The summed E-state index contributed by atoms with van der Waals surface area (Å²) < 4.78 is 21.3. The van der Waals surface area contributed by atoms with E-state index in [0.29, 0.717) is 0 Å². The van der Waals surface area contributed by atoms with Crippen molar-refractivity contribution in [1.29, 1.82) is 0 Å². The van der Waals surface area contributed by atoms with Crippen LogP contribution in [-0.4, -0.2) is 54.5 Å². The van der Waals surface area contributed by atoms with Crippen LogP contribution in [0.1, 0.15) is 6.23 Å². The Labute approximate surface area is 116 Å². The lowest BCUT2D eigenvalue weighted by Crippen LogP contribution is -2.38. The number of aromatic amines is 1. The maximum absolute atomic E-state index is 11.7. The summed E-state index contributed by atoms with van der Waals surface area (Å²) in [5, 5.41) is 18.9. The van der Waals surface area contributed by atoms with Crippen molar-refractivity contribution in [2.45, 2.75) is 24.5 Å². The highest BCUT2D eigenvalue weighted by Crippen LogP contribution is 2.44. The summed E-state index contributed by atoms with van der Waals surface area (Å²) in [5.41, 5.74) is -1.60. The number of aliphatic hydroxyl groups is 2. The van der Waals surface area contributed by atoms with Crippen LogP contribution in [0.2, 0.25) is 0 Å². The smallest absolute Gasteiger partial charge is 0.394 e. The third kappa shape index (κ3) is 3.47. The van der Waals surface area contributed by atoms with Gasteiger partial charge in [0.15, 0.2) is 6.23 Å². The molecule has 5 N–H and O–H groups in total. The highest BCUT2D eigenvalue weighted by atomic mass is 31.2. The van der Waals surface area contributed by atoms with Gasteiger partial charge in [0.05, 0.1) is 6.61 Å². The molecule has 21 heavy (non-hydrogen) atoms. The van der Waals surface area contributed by atoms with Gasteiger partial charge in [0.25, 0.3) is 5.56 Å². The molecular formula is C9H13N2O9P. The first kappa shape index (κ1) is 16.0. The normalized spacial score (nSPS) is 29.7. The fourth-order valence-corrected chi connectivity index (χ4v) is 2.54. The number of phosphoric ester groups is 1. The van der Waals surface area contributed by atoms with Crippen LogP contribution >= 0.6 is 7.82 Å². The Hall–Kier alpha value is -1.33. The van der Waals surface area contributed by atoms with Gasteiger partial charge in [0.1, 0.15) is 18.3 Å². The molecule has 1 aliphatic rings. The largest absolute Gasteiger partial charge is 0.470 e. The SMILES string of the molecule is O=c1ccn([C@H]2O[C@@H](CO)C(O)C2OP(=O)(O)O)c(=O)[nH]1. The second-order valence-corrected chi connectivity index (χ2v) is 5.51. The maximum atomic E-state index is 11.7. The molecule has 1 fully saturated rings. The second-order valence-electron chi connectivity index (χ2n) is 4.32. The Bertz CT molecular complexity index is 664. The molecule has 1 aromatic rings. The van der Waals surface area contributed by atoms with Crippen LogP contribution in [0.15, 0.2) is 21.9 Å². The maximum Gasteiger partial charge on any atom is 0.470 e. The number of ether oxygens (including phenoxy) is 1. The first-order chi connectivity index (χ1) is 9.73. The summed E-state index contributed by atoms with van der Waals surface area (Å²) >= 11 is 0. The van der Waals surface area contributed by atoms with Gasteiger partial charge < -0.3 is 24.7 Å². The second kappa shape index (κ2) is 5.81. The lowest BCUT2D eigenvalue weighted by atomic mass is 10.1. The van der Waals surface area contributed by atoms with Gasteiger partial charge in [-0.15, -0.1) is 0 Å². The van der Waals surface area contributed by atoms with Crippen molar-refractivity contribution in [2.24, 2.45) is 0 Å². The van der Waals surface area contributed by atoms with Gasteiger partial charge in [0, 0.05) is 12.3 Å². The molecule has 1 aliphatic heterocycles. The van der Waals surface area contributed by atoms with Crippen molar-refractivity contribution < 1.29 is 33.8 Å². The lowest BCUT2D eigenvalue weighted by Gasteiger charge is -2.22. The molecule has 11 nitrogen and oxygen atoms in total. The lowest BCUT2D eigenvalue weighted by molar-refractivity contribution is -0.0544. The molecule has 0 radical (unpaired) electrons. The highest BCUT2D eigenvalue weighted by molar-refractivity contribution is 7.46. The van der Waals surface area contributed by atoms with Crippen LogP contribution in [0.3, 0.4) is 0 Å². The van der Waals surface area contributed by atoms with Crippen LogP contribution < -0.4 is 11.2 Å². The average Bonchev–Trinajstić information content (AvgIpc) is 2.65. The number of aliphatic hydroxyl groups excluding tert-OH is 2.